The summed E-state index contributed by atoms with van der Waals surface area (Å²) >= 11 is 2.17. The minimum absolute atomic E-state index is 0.240. The largest absolute Gasteiger partial charge is 0.573 e. The fourth-order valence-electron chi connectivity index (χ4n) is 2.31. The lowest BCUT2D eigenvalue weighted by Crippen LogP contribution is -2.23. The molecule has 0 fully saturated rings. The van der Waals surface area contributed by atoms with Gasteiger partial charge in [0.05, 0.1) is 11.7 Å². The average molecular weight is 461 g/mol. The van der Waals surface area contributed by atoms with E-state index in [4.69, 9.17) is 0 Å². The zero-order valence-electron chi connectivity index (χ0n) is 12.5. The first-order chi connectivity index (χ1) is 11.8. The number of ether oxygens (including phenoxy) is 1. The van der Waals surface area contributed by atoms with E-state index >= 15 is 0 Å². The van der Waals surface area contributed by atoms with Crippen molar-refractivity contribution in [3.63, 3.8) is 0 Å². The van der Waals surface area contributed by atoms with Gasteiger partial charge in [-0.2, -0.15) is 5.10 Å². The van der Waals surface area contributed by atoms with E-state index in [1.807, 2.05) is 12.1 Å². The summed E-state index contributed by atoms with van der Waals surface area (Å²) in [5.74, 6) is -0.767. The van der Waals surface area contributed by atoms with Crippen LogP contribution in [0.5, 0.6) is 5.75 Å². The van der Waals surface area contributed by atoms with Gasteiger partial charge in [0.25, 0.3) is 5.91 Å². The van der Waals surface area contributed by atoms with E-state index < -0.39 is 12.3 Å². The van der Waals surface area contributed by atoms with Crippen molar-refractivity contribution < 1.29 is 22.7 Å². The fourth-order valence-corrected chi connectivity index (χ4v) is 2.97. The Balaban J connectivity index is 1.70. The molecule has 2 N–H and O–H groups in total. The number of hydrogen-bond donors (Lipinski definition) is 2. The van der Waals surface area contributed by atoms with Crippen LogP contribution in [0.2, 0.25) is 0 Å². The Labute approximate surface area is 153 Å². The van der Waals surface area contributed by atoms with E-state index in [2.05, 4.69) is 42.8 Å². The molecule has 1 heterocycles. The molecule has 1 amide bonds. The van der Waals surface area contributed by atoms with Crippen molar-refractivity contribution in [1.82, 2.24) is 15.5 Å². The van der Waals surface area contributed by atoms with Crippen LogP contribution in [0.1, 0.15) is 15.9 Å². The van der Waals surface area contributed by atoms with Crippen LogP contribution in [0.15, 0.2) is 42.6 Å². The molecule has 0 atom stereocenters. The zero-order valence-corrected chi connectivity index (χ0v) is 14.7. The van der Waals surface area contributed by atoms with Gasteiger partial charge < -0.3 is 10.1 Å². The van der Waals surface area contributed by atoms with Gasteiger partial charge in [0, 0.05) is 21.1 Å². The molecule has 0 unspecified atom stereocenters. The van der Waals surface area contributed by atoms with E-state index in [9.17, 15) is 18.0 Å². The highest BCUT2D eigenvalue weighted by Crippen LogP contribution is 2.24. The van der Waals surface area contributed by atoms with Gasteiger partial charge in [-0.05, 0) is 64.6 Å². The molecule has 9 heteroatoms. The van der Waals surface area contributed by atoms with E-state index in [0.717, 1.165) is 32.2 Å². The second-order valence-corrected chi connectivity index (χ2v) is 6.27. The summed E-state index contributed by atoms with van der Waals surface area (Å²) in [6.45, 7) is 0.273. The zero-order chi connectivity index (χ0) is 18.0. The molecule has 1 aromatic heterocycles. The molecule has 0 saturated heterocycles. The summed E-state index contributed by atoms with van der Waals surface area (Å²) in [7, 11) is 0. The van der Waals surface area contributed by atoms with Gasteiger partial charge in [-0.15, -0.1) is 13.2 Å². The number of nitrogens with one attached hydrogen (secondary N) is 2. The molecule has 0 aliphatic rings. The highest BCUT2D eigenvalue weighted by Gasteiger charge is 2.31. The molecular weight excluding hydrogens is 450 g/mol. The van der Waals surface area contributed by atoms with E-state index in [-0.39, 0.29) is 17.9 Å². The molecule has 0 aliphatic heterocycles. The van der Waals surface area contributed by atoms with Crippen LogP contribution >= 0.6 is 22.6 Å². The molecule has 0 bridgehead atoms. The molecule has 2 aromatic carbocycles. The van der Waals surface area contributed by atoms with E-state index in [1.165, 1.54) is 12.1 Å². The van der Waals surface area contributed by atoms with E-state index in [1.54, 1.807) is 6.20 Å². The number of aromatic amines is 1. The highest BCUT2D eigenvalue weighted by atomic mass is 127. The van der Waals surface area contributed by atoms with Crippen molar-refractivity contribution in [3.05, 3.63) is 57.3 Å². The van der Waals surface area contributed by atoms with Crippen LogP contribution in [0.25, 0.3) is 10.9 Å². The number of rotatable bonds is 4. The predicted molar refractivity (Wildman–Crippen MR) is 93.1 cm³/mol. The van der Waals surface area contributed by atoms with Crippen molar-refractivity contribution in [2.75, 3.05) is 0 Å². The molecule has 0 spiro atoms. The maximum Gasteiger partial charge on any atom is 0.573 e. The number of H-pyrrole nitrogens is 1. The van der Waals surface area contributed by atoms with Crippen molar-refractivity contribution in [1.29, 1.82) is 0 Å². The molecule has 130 valence electrons. The Morgan fingerprint density at radius 3 is 2.60 bits per heavy atom. The third-order valence-corrected chi connectivity index (χ3v) is 4.47. The Bertz CT molecular complexity index is 907. The van der Waals surface area contributed by atoms with Crippen LogP contribution in [0.4, 0.5) is 13.2 Å². The Kier molecular flexibility index (Phi) is 4.84. The van der Waals surface area contributed by atoms with Gasteiger partial charge in [0.15, 0.2) is 0 Å². The quantitative estimate of drug-likeness (QED) is 0.578. The summed E-state index contributed by atoms with van der Waals surface area (Å²) in [6, 6.07) is 8.56. The molecule has 25 heavy (non-hydrogen) atoms. The molecule has 3 aromatic rings. The van der Waals surface area contributed by atoms with Crippen LogP contribution < -0.4 is 10.1 Å². The van der Waals surface area contributed by atoms with Crippen molar-refractivity contribution in [2.24, 2.45) is 0 Å². The lowest BCUT2D eigenvalue weighted by atomic mass is 10.1. The number of nitrogens with zero attached hydrogens (tertiary/aromatic N) is 1. The van der Waals surface area contributed by atoms with Gasteiger partial charge >= 0.3 is 6.36 Å². The van der Waals surface area contributed by atoms with Crippen molar-refractivity contribution in [2.45, 2.75) is 12.9 Å². The maximum absolute atomic E-state index is 12.2. The second kappa shape index (κ2) is 6.90. The number of alkyl halides is 3. The smallest absolute Gasteiger partial charge is 0.406 e. The number of amides is 1. The highest BCUT2D eigenvalue weighted by molar-refractivity contribution is 14.1. The van der Waals surface area contributed by atoms with Gasteiger partial charge in [0.2, 0.25) is 0 Å². The number of benzene rings is 2. The van der Waals surface area contributed by atoms with Gasteiger partial charge in [-0.25, -0.2) is 0 Å². The molecule has 0 aliphatic carbocycles. The second-order valence-electron chi connectivity index (χ2n) is 5.11. The van der Waals surface area contributed by atoms with E-state index in [0.29, 0.717) is 0 Å². The molecule has 0 saturated carbocycles. The van der Waals surface area contributed by atoms with Crippen LogP contribution in [-0.2, 0) is 6.54 Å². The first kappa shape index (κ1) is 17.5. The van der Waals surface area contributed by atoms with Crippen molar-refractivity contribution >= 4 is 39.4 Å². The Morgan fingerprint density at radius 1 is 1.20 bits per heavy atom. The number of halogens is 4. The molecule has 0 radical (unpaired) electrons. The summed E-state index contributed by atoms with van der Waals surface area (Å²) < 4.78 is 41.2. The number of carbonyl (C=O) groups excluding carboxylic acids is 1. The fraction of sp³-hybridized carbons (Fsp3) is 0.125. The number of fused-ring (bicyclic) bond motifs is 1. The van der Waals surface area contributed by atoms with Crippen LogP contribution in [0.3, 0.4) is 0 Å². The first-order valence-corrected chi connectivity index (χ1v) is 8.16. The Morgan fingerprint density at radius 2 is 1.92 bits per heavy atom. The predicted octanol–water partition coefficient (Wildman–Crippen LogP) is 4.00. The lowest BCUT2D eigenvalue weighted by molar-refractivity contribution is -0.274. The lowest BCUT2D eigenvalue weighted by Gasteiger charge is -2.10. The van der Waals surface area contributed by atoms with Gasteiger partial charge in [-0.3, -0.25) is 9.89 Å². The monoisotopic (exact) mass is 461 g/mol. The van der Waals surface area contributed by atoms with Gasteiger partial charge in [0.1, 0.15) is 5.75 Å². The summed E-state index contributed by atoms with van der Waals surface area (Å²) in [5.41, 5.74) is 2.01. The number of hydrogen-bond acceptors (Lipinski definition) is 3. The first-order valence-electron chi connectivity index (χ1n) is 7.08. The molecular formula is C16H11F3IN3O2. The summed E-state index contributed by atoms with van der Waals surface area (Å²) in [5, 5.41) is 10.5. The third kappa shape index (κ3) is 4.21. The van der Waals surface area contributed by atoms with Crippen molar-refractivity contribution in [3.8, 4) is 5.75 Å². The van der Waals surface area contributed by atoms with Gasteiger partial charge in [-0.1, -0.05) is 0 Å². The molecule has 3 rings (SSSR count). The topological polar surface area (TPSA) is 67.0 Å². The number of carbonyl (C=O) groups is 1. The molecule has 5 nitrogen and oxygen atoms in total. The third-order valence-electron chi connectivity index (χ3n) is 3.45. The Hall–Kier alpha value is -2.30. The number of aromatic nitrogens is 2. The van der Waals surface area contributed by atoms with Crippen LogP contribution in [-0.4, -0.2) is 22.5 Å². The standard InChI is InChI=1S/C16H11F3IN3O2/c17-16(18,19)25-10-3-1-9(2-4-10)15(24)21-7-11-12-8-22-23-14(12)6-5-13(11)20/h1-6,8H,7H2,(H,21,24)(H,22,23). The van der Waals surface area contributed by atoms with Crippen LogP contribution in [0, 0.1) is 3.57 Å². The SMILES string of the molecule is O=C(NCc1c(I)ccc2[nH]ncc12)c1ccc(OC(F)(F)F)cc1. The average Bonchev–Trinajstić information content (AvgIpc) is 3.01. The summed E-state index contributed by atoms with van der Waals surface area (Å²) in [4.78, 5) is 12.2. The summed E-state index contributed by atoms with van der Waals surface area (Å²) in [6.07, 6.45) is -3.08. The minimum Gasteiger partial charge on any atom is -0.406 e. The minimum atomic E-state index is -4.76. The normalized spacial score (nSPS) is 11.5. The maximum atomic E-state index is 12.2.